The summed E-state index contributed by atoms with van der Waals surface area (Å²) in [6, 6.07) is 9.53. The van der Waals surface area contributed by atoms with Crippen molar-refractivity contribution in [3.05, 3.63) is 61.0 Å². The van der Waals surface area contributed by atoms with Gasteiger partial charge in [0, 0.05) is 23.6 Å². The summed E-state index contributed by atoms with van der Waals surface area (Å²) in [7, 11) is 0. The van der Waals surface area contributed by atoms with E-state index in [0.29, 0.717) is 41.1 Å². The molecule has 0 amide bonds. The Morgan fingerprint density at radius 3 is 2.59 bits per heavy atom. The predicted molar refractivity (Wildman–Crippen MR) is 142 cm³/mol. The van der Waals surface area contributed by atoms with Gasteiger partial charge in [-0.2, -0.15) is 0 Å². The van der Waals surface area contributed by atoms with Crippen molar-refractivity contribution in [1.29, 1.82) is 0 Å². The van der Waals surface area contributed by atoms with Crippen LogP contribution in [0.25, 0.3) is 28.5 Å². The number of carbonyl (C=O) groups is 2. The third-order valence-electron chi connectivity index (χ3n) is 5.23. The molecule has 1 atom stereocenters. The van der Waals surface area contributed by atoms with Crippen LogP contribution in [0.3, 0.4) is 0 Å². The maximum atomic E-state index is 12.1. The minimum Gasteiger partial charge on any atom is -0.474 e. The Morgan fingerprint density at radius 2 is 1.89 bits per heavy atom. The molecule has 1 aromatic carbocycles. The fourth-order valence-electron chi connectivity index (χ4n) is 3.66. The molecule has 0 fully saturated rings. The van der Waals surface area contributed by atoms with Crippen LogP contribution < -0.4 is 4.74 Å². The first-order valence-electron chi connectivity index (χ1n) is 12.3. The normalized spacial score (nSPS) is 12.4. The van der Waals surface area contributed by atoms with Crippen molar-refractivity contribution < 1.29 is 28.2 Å². The molecule has 0 saturated heterocycles. The van der Waals surface area contributed by atoms with Crippen molar-refractivity contribution in [2.75, 3.05) is 6.61 Å². The zero-order valence-corrected chi connectivity index (χ0v) is 21.9. The number of rotatable bonds is 12. The summed E-state index contributed by atoms with van der Waals surface area (Å²) in [6.07, 6.45) is 8.24. The summed E-state index contributed by atoms with van der Waals surface area (Å²) in [4.78, 5) is 32.7. The average molecular weight is 507 g/mol. The smallest absolute Gasteiger partial charge is 0.331 e. The van der Waals surface area contributed by atoms with Crippen LogP contribution in [0.5, 0.6) is 5.88 Å². The highest BCUT2D eigenvalue weighted by atomic mass is 16.6. The number of fused-ring (bicyclic) bond motifs is 1. The molecule has 0 aliphatic carbocycles. The third kappa shape index (κ3) is 8.31. The molecule has 0 aliphatic rings. The molecule has 3 rings (SSSR count). The summed E-state index contributed by atoms with van der Waals surface area (Å²) in [6.45, 7) is 11.2. The lowest BCUT2D eigenvalue weighted by Crippen LogP contribution is -2.23. The van der Waals surface area contributed by atoms with E-state index in [2.05, 4.69) is 16.5 Å². The first-order chi connectivity index (χ1) is 17.7. The molecule has 8 heteroatoms. The van der Waals surface area contributed by atoms with E-state index in [0.717, 1.165) is 18.4 Å². The topological polar surface area (TPSA) is 101 Å². The maximum Gasteiger partial charge on any atom is 0.331 e. The molecule has 0 N–H and O–H groups in total. The third-order valence-corrected chi connectivity index (χ3v) is 5.23. The quantitative estimate of drug-likeness (QED) is 0.122. The molecule has 0 saturated carbocycles. The molecule has 0 unspecified atom stereocenters. The van der Waals surface area contributed by atoms with Gasteiger partial charge < -0.3 is 18.6 Å². The Hall–Kier alpha value is -3.94. The highest BCUT2D eigenvalue weighted by molar-refractivity contribution is 5.99. The Bertz CT molecular complexity index is 1240. The summed E-state index contributed by atoms with van der Waals surface area (Å²) in [5.74, 6) is 0.188. The van der Waals surface area contributed by atoms with Gasteiger partial charge in [-0.1, -0.05) is 43.0 Å². The maximum absolute atomic E-state index is 12.1. The molecule has 0 spiro atoms. The SMILES string of the molecule is C=CCOC(=O)/C=C/c1c(-c2ccccc2)oc2ncnc(O[C@H](C)CCCCC(=O)OC(C)(C)C)c12. The molecule has 8 nitrogen and oxygen atoms in total. The van der Waals surface area contributed by atoms with Crippen molar-refractivity contribution >= 4 is 29.1 Å². The number of nitrogens with zero attached hydrogens (tertiary/aromatic N) is 2. The lowest BCUT2D eigenvalue weighted by molar-refractivity contribution is -0.155. The predicted octanol–water partition coefficient (Wildman–Crippen LogP) is 6.30. The van der Waals surface area contributed by atoms with E-state index in [1.54, 1.807) is 6.08 Å². The minimum absolute atomic E-state index is 0.115. The minimum atomic E-state index is -0.508. The molecule has 2 heterocycles. The highest BCUT2D eigenvalue weighted by Crippen LogP contribution is 2.38. The van der Waals surface area contributed by atoms with Crippen molar-refractivity contribution in [2.45, 2.75) is 65.1 Å². The Labute approximate surface area is 217 Å². The Morgan fingerprint density at radius 1 is 1.14 bits per heavy atom. The number of esters is 2. The van der Waals surface area contributed by atoms with Crippen molar-refractivity contribution in [2.24, 2.45) is 0 Å². The number of furan rings is 1. The van der Waals surface area contributed by atoms with E-state index in [-0.39, 0.29) is 18.7 Å². The van der Waals surface area contributed by atoms with Crippen molar-refractivity contribution in [3.63, 3.8) is 0 Å². The van der Waals surface area contributed by atoms with Gasteiger partial charge in [0.2, 0.25) is 11.6 Å². The summed E-state index contributed by atoms with van der Waals surface area (Å²) in [5.41, 5.74) is 1.30. The van der Waals surface area contributed by atoms with Gasteiger partial charge in [0.15, 0.2) is 0 Å². The number of unbranched alkanes of at least 4 members (excludes halogenated alkanes) is 1. The van der Waals surface area contributed by atoms with Crippen LogP contribution >= 0.6 is 0 Å². The van der Waals surface area contributed by atoms with E-state index in [1.165, 1.54) is 18.5 Å². The Balaban J connectivity index is 1.79. The summed E-state index contributed by atoms with van der Waals surface area (Å²) in [5, 5.41) is 0.565. The van der Waals surface area contributed by atoms with Gasteiger partial charge in [0.1, 0.15) is 29.7 Å². The number of benzene rings is 1. The molecule has 0 radical (unpaired) electrons. The van der Waals surface area contributed by atoms with Crippen LogP contribution in [0.15, 0.2) is 59.8 Å². The average Bonchev–Trinajstić information content (AvgIpc) is 3.23. The number of hydrogen-bond acceptors (Lipinski definition) is 8. The zero-order chi connectivity index (χ0) is 26.8. The molecule has 37 heavy (non-hydrogen) atoms. The largest absolute Gasteiger partial charge is 0.474 e. The first kappa shape index (κ1) is 27.6. The number of carbonyl (C=O) groups excluding carboxylic acids is 2. The molecule has 0 bridgehead atoms. The second-order valence-electron chi connectivity index (χ2n) is 9.58. The van der Waals surface area contributed by atoms with E-state index >= 15 is 0 Å². The summed E-state index contributed by atoms with van der Waals surface area (Å²) >= 11 is 0. The molecular formula is C29H34N2O6. The van der Waals surface area contributed by atoms with Crippen LogP contribution in [0.2, 0.25) is 0 Å². The van der Waals surface area contributed by atoms with Crippen molar-refractivity contribution in [1.82, 2.24) is 9.97 Å². The van der Waals surface area contributed by atoms with Crippen LogP contribution in [-0.4, -0.2) is 40.2 Å². The van der Waals surface area contributed by atoms with Crippen LogP contribution in [0.1, 0.15) is 58.9 Å². The van der Waals surface area contributed by atoms with Gasteiger partial charge >= 0.3 is 11.9 Å². The second-order valence-corrected chi connectivity index (χ2v) is 9.58. The van der Waals surface area contributed by atoms with E-state index in [1.807, 2.05) is 58.0 Å². The fourth-order valence-corrected chi connectivity index (χ4v) is 3.66. The van der Waals surface area contributed by atoms with Gasteiger partial charge in [0.25, 0.3) is 0 Å². The standard InChI is InChI=1S/C29H34N2O6/c1-6-18-34-23(32)17-16-22-25-27(35-20(2)12-10-11-15-24(33)37-29(3,4)5)30-19-31-28(25)36-26(22)21-13-8-7-9-14-21/h6-9,13-14,16-17,19-20H,1,10-12,15,18H2,2-5H3/b17-16+/t20-/m1/s1. The molecule has 3 aromatic rings. The molecule has 2 aromatic heterocycles. The lowest BCUT2D eigenvalue weighted by Gasteiger charge is -2.19. The molecule has 0 aliphatic heterocycles. The fraction of sp³-hybridized carbons (Fsp3) is 0.379. The van der Waals surface area contributed by atoms with Crippen LogP contribution in [-0.2, 0) is 19.1 Å². The Kier molecular flexibility index (Phi) is 9.60. The van der Waals surface area contributed by atoms with Gasteiger partial charge in [0.05, 0.1) is 6.10 Å². The highest BCUT2D eigenvalue weighted by Gasteiger charge is 2.21. The second kappa shape index (κ2) is 12.9. The summed E-state index contributed by atoms with van der Waals surface area (Å²) < 4.78 is 22.7. The number of ether oxygens (including phenoxy) is 3. The van der Waals surface area contributed by atoms with Crippen LogP contribution in [0.4, 0.5) is 0 Å². The number of hydrogen-bond donors (Lipinski definition) is 0. The van der Waals surface area contributed by atoms with Gasteiger partial charge in [-0.25, -0.2) is 14.8 Å². The van der Waals surface area contributed by atoms with Gasteiger partial charge in [-0.05, 0) is 53.0 Å². The number of aromatic nitrogens is 2. The van der Waals surface area contributed by atoms with E-state index in [9.17, 15) is 9.59 Å². The zero-order valence-electron chi connectivity index (χ0n) is 21.9. The van der Waals surface area contributed by atoms with E-state index < -0.39 is 11.6 Å². The molecule has 196 valence electrons. The van der Waals surface area contributed by atoms with Crippen molar-refractivity contribution in [3.8, 4) is 17.2 Å². The lowest BCUT2D eigenvalue weighted by atomic mass is 10.1. The van der Waals surface area contributed by atoms with Gasteiger partial charge in [-0.3, -0.25) is 4.79 Å². The van der Waals surface area contributed by atoms with Gasteiger partial charge in [-0.15, -0.1) is 0 Å². The van der Waals surface area contributed by atoms with Crippen LogP contribution in [0, 0.1) is 0 Å². The molecular weight excluding hydrogens is 472 g/mol. The van der Waals surface area contributed by atoms with E-state index in [4.69, 9.17) is 18.6 Å². The first-order valence-corrected chi connectivity index (χ1v) is 12.3. The monoisotopic (exact) mass is 506 g/mol.